The maximum absolute atomic E-state index is 13.6. The zero-order valence-corrected chi connectivity index (χ0v) is 10.9. The molecule has 1 saturated heterocycles. The highest BCUT2D eigenvalue weighted by atomic mass is 19.1. The average Bonchev–Trinajstić information content (AvgIpc) is 2.26. The molecular formula is C14H18FNO2. The van der Waals surface area contributed by atoms with Gasteiger partial charge in [-0.15, -0.1) is 0 Å². The van der Waals surface area contributed by atoms with Crippen molar-refractivity contribution in [3.63, 3.8) is 0 Å². The molecule has 1 aromatic rings. The van der Waals surface area contributed by atoms with Crippen LogP contribution in [-0.4, -0.2) is 35.6 Å². The van der Waals surface area contributed by atoms with Crippen molar-refractivity contribution < 1.29 is 13.9 Å². The highest BCUT2D eigenvalue weighted by molar-refractivity contribution is 5.94. The van der Waals surface area contributed by atoms with E-state index in [0.29, 0.717) is 13.1 Å². The topological polar surface area (TPSA) is 29.5 Å². The van der Waals surface area contributed by atoms with Gasteiger partial charge in [-0.25, -0.2) is 4.39 Å². The van der Waals surface area contributed by atoms with Gasteiger partial charge in [0.25, 0.3) is 5.91 Å². The normalized spacial score (nSPS) is 22.9. The molecular weight excluding hydrogens is 233 g/mol. The lowest BCUT2D eigenvalue weighted by Gasteiger charge is -2.41. The van der Waals surface area contributed by atoms with Crippen molar-refractivity contribution in [3.8, 4) is 0 Å². The van der Waals surface area contributed by atoms with Crippen molar-refractivity contribution in [2.24, 2.45) is 0 Å². The molecule has 2 rings (SSSR count). The lowest BCUT2D eigenvalue weighted by atomic mass is 10.0. The quantitative estimate of drug-likeness (QED) is 0.767. The van der Waals surface area contributed by atoms with Gasteiger partial charge < -0.3 is 9.64 Å². The highest BCUT2D eigenvalue weighted by Crippen LogP contribution is 2.22. The number of benzene rings is 1. The van der Waals surface area contributed by atoms with Crippen molar-refractivity contribution in [1.29, 1.82) is 0 Å². The molecule has 4 heteroatoms. The molecule has 0 spiro atoms. The van der Waals surface area contributed by atoms with Crippen molar-refractivity contribution in [2.75, 3.05) is 13.1 Å². The van der Waals surface area contributed by atoms with Gasteiger partial charge in [0, 0.05) is 13.1 Å². The van der Waals surface area contributed by atoms with E-state index >= 15 is 0 Å². The fraction of sp³-hybridized carbons (Fsp3) is 0.500. The molecule has 98 valence electrons. The maximum atomic E-state index is 13.6. The summed E-state index contributed by atoms with van der Waals surface area (Å²) in [6.07, 6.45) is -0.0375. The van der Waals surface area contributed by atoms with Gasteiger partial charge in [-0.3, -0.25) is 4.79 Å². The second-order valence-electron chi connectivity index (χ2n) is 5.35. The predicted octanol–water partition coefficient (Wildman–Crippen LogP) is 2.47. The van der Waals surface area contributed by atoms with Gasteiger partial charge in [-0.2, -0.15) is 0 Å². The minimum Gasteiger partial charge on any atom is -0.369 e. The van der Waals surface area contributed by atoms with Gasteiger partial charge in [0.05, 0.1) is 17.3 Å². The lowest BCUT2D eigenvalue weighted by Crippen LogP contribution is -2.53. The summed E-state index contributed by atoms with van der Waals surface area (Å²) >= 11 is 0. The van der Waals surface area contributed by atoms with E-state index in [2.05, 4.69) is 0 Å². The number of hydrogen-bond donors (Lipinski definition) is 0. The van der Waals surface area contributed by atoms with E-state index in [-0.39, 0.29) is 17.6 Å². The van der Waals surface area contributed by atoms with Crippen LogP contribution in [-0.2, 0) is 4.74 Å². The predicted molar refractivity (Wildman–Crippen MR) is 66.9 cm³/mol. The highest BCUT2D eigenvalue weighted by Gasteiger charge is 2.34. The number of ether oxygens (including phenoxy) is 1. The van der Waals surface area contributed by atoms with Crippen LogP contribution in [0.5, 0.6) is 0 Å². The van der Waals surface area contributed by atoms with Gasteiger partial charge in [0.15, 0.2) is 0 Å². The molecule has 1 atom stereocenters. The van der Waals surface area contributed by atoms with E-state index in [1.54, 1.807) is 17.0 Å². The fourth-order valence-electron chi connectivity index (χ4n) is 2.41. The molecule has 0 N–H and O–H groups in total. The molecule has 1 aliphatic heterocycles. The molecule has 0 aromatic heterocycles. The second kappa shape index (κ2) is 4.69. The first-order valence-electron chi connectivity index (χ1n) is 6.11. The van der Waals surface area contributed by atoms with Crippen LogP contribution >= 0.6 is 0 Å². The van der Waals surface area contributed by atoms with Crippen LogP contribution in [0.4, 0.5) is 4.39 Å². The van der Waals surface area contributed by atoms with Gasteiger partial charge in [-0.05, 0) is 32.9 Å². The van der Waals surface area contributed by atoms with Crippen LogP contribution in [0.3, 0.4) is 0 Å². The van der Waals surface area contributed by atoms with Crippen molar-refractivity contribution in [2.45, 2.75) is 32.5 Å². The van der Waals surface area contributed by atoms with Crippen LogP contribution in [0.1, 0.15) is 31.1 Å². The summed E-state index contributed by atoms with van der Waals surface area (Å²) < 4.78 is 19.3. The van der Waals surface area contributed by atoms with Crippen molar-refractivity contribution >= 4 is 5.91 Å². The Bertz CT molecular complexity index is 459. The average molecular weight is 251 g/mol. The zero-order chi connectivity index (χ0) is 13.3. The van der Waals surface area contributed by atoms with Gasteiger partial charge in [-0.1, -0.05) is 12.1 Å². The molecule has 1 aromatic carbocycles. The standard InChI is InChI=1S/C14H18FNO2/c1-10-8-16(9-14(2,3)18-10)13(17)11-6-4-5-7-12(11)15/h4-7,10H,8-9H2,1-3H3. The number of carbonyl (C=O) groups is 1. The Kier molecular flexibility index (Phi) is 3.39. The van der Waals surface area contributed by atoms with Gasteiger partial charge in [0.2, 0.25) is 0 Å². The summed E-state index contributed by atoms with van der Waals surface area (Å²) in [5, 5.41) is 0. The van der Waals surface area contributed by atoms with Gasteiger partial charge in [0.1, 0.15) is 5.82 Å². The minimum atomic E-state index is -0.473. The molecule has 1 fully saturated rings. The number of hydrogen-bond acceptors (Lipinski definition) is 2. The van der Waals surface area contributed by atoms with Crippen LogP contribution < -0.4 is 0 Å². The molecule has 1 heterocycles. The Balaban J connectivity index is 2.22. The summed E-state index contributed by atoms with van der Waals surface area (Å²) in [6, 6.07) is 6.08. The lowest BCUT2D eigenvalue weighted by molar-refractivity contribution is -0.118. The summed E-state index contributed by atoms with van der Waals surface area (Å²) in [6.45, 7) is 6.76. The molecule has 0 bridgehead atoms. The Morgan fingerprint density at radius 3 is 2.72 bits per heavy atom. The molecule has 3 nitrogen and oxygen atoms in total. The largest absolute Gasteiger partial charge is 0.369 e. The van der Waals surface area contributed by atoms with Crippen LogP contribution in [0.25, 0.3) is 0 Å². The number of amides is 1. The number of halogens is 1. The molecule has 1 unspecified atom stereocenters. The zero-order valence-electron chi connectivity index (χ0n) is 10.9. The Hall–Kier alpha value is -1.42. The third kappa shape index (κ3) is 2.70. The van der Waals surface area contributed by atoms with Crippen molar-refractivity contribution in [1.82, 2.24) is 4.90 Å². The second-order valence-corrected chi connectivity index (χ2v) is 5.35. The smallest absolute Gasteiger partial charge is 0.257 e. The first-order valence-corrected chi connectivity index (χ1v) is 6.11. The summed E-state index contributed by atoms with van der Waals surface area (Å²) in [5.41, 5.74) is -0.263. The van der Waals surface area contributed by atoms with Crippen LogP contribution in [0.15, 0.2) is 24.3 Å². The van der Waals surface area contributed by atoms with E-state index in [1.165, 1.54) is 12.1 Å². The SMILES string of the molecule is CC1CN(C(=O)c2ccccc2F)CC(C)(C)O1. The summed E-state index contributed by atoms with van der Waals surface area (Å²) in [4.78, 5) is 13.9. The monoisotopic (exact) mass is 251 g/mol. The van der Waals surface area contributed by atoms with Crippen LogP contribution in [0.2, 0.25) is 0 Å². The van der Waals surface area contributed by atoms with E-state index in [4.69, 9.17) is 4.74 Å². The summed E-state index contributed by atoms with van der Waals surface area (Å²) in [5.74, 6) is -0.740. The maximum Gasteiger partial charge on any atom is 0.257 e. The number of carbonyl (C=O) groups excluding carboxylic acids is 1. The van der Waals surface area contributed by atoms with E-state index < -0.39 is 11.4 Å². The number of morpholine rings is 1. The van der Waals surface area contributed by atoms with E-state index in [0.717, 1.165) is 0 Å². The first-order chi connectivity index (χ1) is 8.39. The third-order valence-electron chi connectivity index (χ3n) is 2.96. The Morgan fingerprint density at radius 1 is 1.44 bits per heavy atom. The van der Waals surface area contributed by atoms with Crippen LogP contribution in [0, 0.1) is 5.82 Å². The molecule has 0 aliphatic carbocycles. The number of nitrogens with zero attached hydrogens (tertiary/aromatic N) is 1. The molecule has 0 saturated carbocycles. The molecule has 1 aliphatic rings. The molecule has 1 amide bonds. The molecule has 0 radical (unpaired) electrons. The first kappa shape index (κ1) is 13.0. The Labute approximate surface area is 107 Å². The van der Waals surface area contributed by atoms with E-state index in [9.17, 15) is 9.18 Å². The fourth-order valence-corrected chi connectivity index (χ4v) is 2.41. The third-order valence-corrected chi connectivity index (χ3v) is 2.96. The number of rotatable bonds is 1. The van der Waals surface area contributed by atoms with Gasteiger partial charge >= 0.3 is 0 Å². The van der Waals surface area contributed by atoms with E-state index in [1.807, 2.05) is 20.8 Å². The summed E-state index contributed by atoms with van der Waals surface area (Å²) in [7, 11) is 0. The minimum absolute atomic E-state index is 0.0375. The van der Waals surface area contributed by atoms with Crippen molar-refractivity contribution in [3.05, 3.63) is 35.6 Å². The Morgan fingerprint density at radius 2 is 2.11 bits per heavy atom. The molecule has 18 heavy (non-hydrogen) atoms.